The van der Waals surface area contributed by atoms with Crippen molar-refractivity contribution in [2.45, 2.75) is 13.5 Å². The van der Waals surface area contributed by atoms with E-state index in [9.17, 15) is 10.1 Å². The molecule has 7 nitrogen and oxygen atoms in total. The number of methoxy groups -OCH3 is 1. The molecule has 1 N–H and O–H groups in total. The largest absolute Gasteiger partial charge is 0.481 e. The van der Waals surface area contributed by atoms with Crippen molar-refractivity contribution < 1.29 is 9.66 Å². The van der Waals surface area contributed by atoms with Crippen LogP contribution in [0.15, 0.2) is 30.3 Å². The summed E-state index contributed by atoms with van der Waals surface area (Å²) in [4.78, 5) is 18.8. The first-order valence-electron chi connectivity index (χ1n) is 5.96. The second kappa shape index (κ2) is 5.96. The van der Waals surface area contributed by atoms with Crippen LogP contribution in [0.2, 0.25) is 0 Å². The molecule has 0 radical (unpaired) electrons. The first-order valence-corrected chi connectivity index (χ1v) is 5.96. The zero-order valence-electron chi connectivity index (χ0n) is 11.2. The molecule has 20 heavy (non-hydrogen) atoms. The first-order chi connectivity index (χ1) is 9.60. The molecule has 0 aromatic carbocycles. The van der Waals surface area contributed by atoms with Gasteiger partial charge < -0.3 is 10.1 Å². The number of aromatic nitrogens is 2. The van der Waals surface area contributed by atoms with E-state index in [4.69, 9.17) is 4.74 Å². The zero-order valence-corrected chi connectivity index (χ0v) is 11.2. The van der Waals surface area contributed by atoms with E-state index in [1.165, 1.54) is 19.2 Å². The van der Waals surface area contributed by atoms with E-state index in [-0.39, 0.29) is 11.5 Å². The van der Waals surface area contributed by atoms with Gasteiger partial charge in [-0.1, -0.05) is 6.07 Å². The van der Waals surface area contributed by atoms with Crippen molar-refractivity contribution >= 4 is 11.5 Å². The van der Waals surface area contributed by atoms with Gasteiger partial charge in [0, 0.05) is 17.8 Å². The van der Waals surface area contributed by atoms with Crippen LogP contribution in [0, 0.1) is 17.0 Å². The van der Waals surface area contributed by atoms with Crippen LogP contribution in [0.3, 0.4) is 0 Å². The molecule has 2 heterocycles. The van der Waals surface area contributed by atoms with Gasteiger partial charge in [-0.3, -0.25) is 15.1 Å². The van der Waals surface area contributed by atoms with Crippen LogP contribution in [-0.2, 0) is 6.54 Å². The van der Waals surface area contributed by atoms with E-state index < -0.39 is 4.92 Å². The van der Waals surface area contributed by atoms with Crippen molar-refractivity contribution in [2.75, 3.05) is 12.4 Å². The van der Waals surface area contributed by atoms with Crippen molar-refractivity contribution in [2.24, 2.45) is 0 Å². The number of aryl methyl sites for hydroxylation is 1. The van der Waals surface area contributed by atoms with E-state index in [1.54, 1.807) is 0 Å². The third-order valence-electron chi connectivity index (χ3n) is 2.64. The molecule has 0 bridgehead atoms. The minimum Gasteiger partial charge on any atom is -0.481 e. The standard InChI is InChI=1S/C13H14N4O3/c1-9-4-3-5-10(15-9)8-14-13-11(17(18)19)6-7-12(16-13)20-2/h3-7H,8H2,1-2H3,(H,14,16). The molecule has 0 aliphatic heterocycles. The summed E-state index contributed by atoms with van der Waals surface area (Å²) in [5.74, 6) is 0.480. The molecule has 0 saturated heterocycles. The van der Waals surface area contributed by atoms with Crippen LogP contribution in [0.25, 0.3) is 0 Å². The molecule has 0 aliphatic rings. The van der Waals surface area contributed by atoms with Crippen molar-refractivity contribution in [1.82, 2.24) is 9.97 Å². The first kappa shape index (κ1) is 13.7. The molecule has 2 aromatic rings. The minimum absolute atomic E-state index is 0.0987. The summed E-state index contributed by atoms with van der Waals surface area (Å²) < 4.78 is 4.97. The van der Waals surface area contributed by atoms with Crippen molar-refractivity contribution in [3.63, 3.8) is 0 Å². The Morgan fingerprint density at radius 1 is 1.30 bits per heavy atom. The van der Waals surface area contributed by atoms with Gasteiger partial charge in [-0.2, -0.15) is 4.98 Å². The van der Waals surface area contributed by atoms with Crippen LogP contribution in [0.4, 0.5) is 11.5 Å². The lowest BCUT2D eigenvalue weighted by molar-refractivity contribution is -0.384. The molecule has 0 fully saturated rings. The number of hydrogen-bond donors (Lipinski definition) is 1. The highest BCUT2D eigenvalue weighted by atomic mass is 16.6. The maximum atomic E-state index is 11.0. The van der Waals surface area contributed by atoms with Gasteiger partial charge in [-0.05, 0) is 19.1 Å². The molecule has 104 valence electrons. The summed E-state index contributed by atoms with van der Waals surface area (Å²) in [5.41, 5.74) is 1.57. The predicted octanol–water partition coefficient (Wildman–Crippen LogP) is 2.31. The topological polar surface area (TPSA) is 90.2 Å². The molecule has 0 aliphatic carbocycles. The Hall–Kier alpha value is -2.70. The van der Waals surface area contributed by atoms with Gasteiger partial charge in [0.15, 0.2) is 0 Å². The number of nitro groups is 1. The summed E-state index contributed by atoms with van der Waals surface area (Å²) in [5, 5.41) is 13.9. The molecular formula is C13H14N4O3. The third-order valence-corrected chi connectivity index (χ3v) is 2.64. The van der Waals surface area contributed by atoms with Gasteiger partial charge in [-0.15, -0.1) is 0 Å². The smallest absolute Gasteiger partial charge is 0.311 e. The fraction of sp³-hybridized carbons (Fsp3) is 0.231. The summed E-state index contributed by atoms with van der Waals surface area (Å²) in [6.45, 7) is 2.23. The number of hydrogen-bond acceptors (Lipinski definition) is 6. The van der Waals surface area contributed by atoms with E-state index in [0.717, 1.165) is 11.4 Å². The normalized spacial score (nSPS) is 10.1. The molecule has 0 atom stereocenters. The molecule has 0 saturated carbocycles. The molecule has 7 heteroatoms. The number of nitrogens with one attached hydrogen (secondary N) is 1. The highest BCUT2D eigenvalue weighted by Gasteiger charge is 2.16. The minimum atomic E-state index is -0.488. The fourth-order valence-electron chi connectivity index (χ4n) is 1.70. The molecule has 0 unspecified atom stereocenters. The zero-order chi connectivity index (χ0) is 14.5. The van der Waals surface area contributed by atoms with E-state index >= 15 is 0 Å². The van der Waals surface area contributed by atoms with Gasteiger partial charge in [-0.25, -0.2) is 0 Å². The Kier molecular flexibility index (Phi) is 4.09. The SMILES string of the molecule is COc1ccc([N+](=O)[O-])c(NCc2cccc(C)n2)n1. The van der Waals surface area contributed by atoms with Gasteiger partial charge in [0.25, 0.3) is 0 Å². The van der Waals surface area contributed by atoms with Crippen molar-refractivity contribution in [1.29, 1.82) is 0 Å². The van der Waals surface area contributed by atoms with E-state index in [2.05, 4.69) is 15.3 Å². The highest BCUT2D eigenvalue weighted by molar-refractivity contribution is 5.57. The van der Waals surface area contributed by atoms with Crippen LogP contribution < -0.4 is 10.1 Å². The number of anilines is 1. The van der Waals surface area contributed by atoms with Gasteiger partial charge in [0.1, 0.15) is 0 Å². The van der Waals surface area contributed by atoms with E-state index in [0.29, 0.717) is 12.4 Å². The Balaban J connectivity index is 2.21. The molecule has 0 spiro atoms. The van der Waals surface area contributed by atoms with Crippen molar-refractivity contribution in [3.05, 3.63) is 51.8 Å². The average Bonchev–Trinajstić information content (AvgIpc) is 2.44. The Morgan fingerprint density at radius 3 is 2.75 bits per heavy atom. The maximum absolute atomic E-state index is 11.0. The monoisotopic (exact) mass is 274 g/mol. The highest BCUT2D eigenvalue weighted by Crippen LogP contribution is 2.25. The van der Waals surface area contributed by atoms with Crippen LogP contribution in [0.1, 0.15) is 11.4 Å². The quantitative estimate of drug-likeness (QED) is 0.664. The van der Waals surface area contributed by atoms with Crippen molar-refractivity contribution in [3.8, 4) is 5.88 Å². The predicted molar refractivity (Wildman–Crippen MR) is 73.7 cm³/mol. The molecule has 2 rings (SSSR count). The van der Waals surface area contributed by atoms with Crippen LogP contribution in [0.5, 0.6) is 5.88 Å². The average molecular weight is 274 g/mol. The van der Waals surface area contributed by atoms with Crippen LogP contribution >= 0.6 is 0 Å². The summed E-state index contributed by atoms with van der Waals surface area (Å²) in [6.07, 6.45) is 0. The molecule has 0 amide bonds. The maximum Gasteiger partial charge on any atom is 0.311 e. The summed E-state index contributed by atoms with van der Waals surface area (Å²) in [6, 6.07) is 8.42. The number of pyridine rings is 2. The summed E-state index contributed by atoms with van der Waals surface area (Å²) >= 11 is 0. The Bertz CT molecular complexity index is 631. The number of ether oxygens (including phenoxy) is 1. The van der Waals surface area contributed by atoms with E-state index in [1.807, 2.05) is 25.1 Å². The fourth-order valence-corrected chi connectivity index (χ4v) is 1.70. The Labute approximate surface area is 115 Å². The van der Waals surface area contributed by atoms with Gasteiger partial charge in [0.2, 0.25) is 11.7 Å². The second-order valence-electron chi connectivity index (χ2n) is 4.10. The lowest BCUT2D eigenvalue weighted by atomic mass is 10.3. The lowest BCUT2D eigenvalue weighted by Crippen LogP contribution is -2.07. The third kappa shape index (κ3) is 3.19. The van der Waals surface area contributed by atoms with Gasteiger partial charge >= 0.3 is 5.69 Å². The molecule has 2 aromatic heterocycles. The van der Waals surface area contributed by atoms with Crippen LogP contribution in [-0.4, -0.2) is 22.0 Å². The lowest BCUT2D eigenvalue weighted by Gasteiger charge is -2.07. The Morgan fingerprint density at radius 2 is 2.10 bits per heavy atom. The number of nitrogens with zero attached hydrogens (tertiary/aromatic N) is 3. The number of rotatable bonds is 5. The summed E-state index contributed by atoms with van der Waals surface area (Å²) in [7, 11) is 1.46. The molecular weight excluding hydrogens is 260 g/mol. The second-order valence-corrected chi connectivity index (χ2v) is 4.10. The van der Waals surface area contributed by atoms with Gasteiger partial charge in [0.05, 0.1) is 24.3 Å².